The third-order valence-electron chi connectivity index (χ3n) is 7.60. The number of amides is 1. The van der Waals surface area contributed by atoms with Crippen LogP contribution in [0, 0.1) is 17.6 Å². The van der Waals surface area contributed by atoms with E-state index in [2.05, 4.69) is 53.0 Å². The first-order valence-electron chi connectivity index (χ1n) is 13.1. The van der Waals surface area contributed by atoms with E-state index in [4.69, 9.17) is 4.74 Å². The number of aromatic nitrogens is 2. The Morgan fingerprint density at radius 1 is 1.10 bits per heavy atom. The number of carbonyl (C=O) groups is 1. The number of morpholine rings is 1. The highest BCUT2D eigenvalue weighted by Crippen LogP contribution is 2.38. The maximum atomic E-state index is 14.8. The highest BCUT2D eigenvalue weighted by molar-refractivity contribution is 5.92. The molecule has 210 valence electrons. The number of anilines is 2. The lowest BCUT2D eigenvalue weighted by molar-refractivity contribution is -0.120. The standard InChI is InChI=1S/C29H35F2N5O2.ClH/c1-29(2,3)36-18-23(22-9-8-21(30)16-25(22)31)24(19-36)27(37)33-28-32-10-11-35(28)17-20-6-4-5-7-26(20)34-12-14-38-15-13-34;/h4-11,16,23-24H,12-15,17-19H2,1-3H3,(H,32,33,37);1H/t23-,24+;/m0./s1. The number of imidazole rings is 1. The number of para-hydroxylation sites is 1. The van der Waals surface area contributed by atoms with Gasteiger partial charge in [0, 0.05) is 61.8 Å². The SMILES string of the molecule is CC(C)(C)N1C[C@@H](C(=O)Nc2nccn2Cc2ccccc2N2CCOCC2)[C@H](c2ccc(F)cc2F)C1.Cl. The van der Waals surface area contributed by atoms with E-state index in [1.807, 2.05) is 22.9 Å². The fourth-order valence-corrected chi connectivity index (χ4v) is 5.44. The van der Waals surface area contributed by atoms with E-state index in [0.29, 0.717) is 44.4 Å². The summed E-state index contributed by atoms with van der Waals surface area (Å²) < 4.78 is 35.9. The van der Waals surface area contributed by atoms with Gasteiger partial charge in [-0.1, -0.05) is 24.3 Å². The molecule has 3 aromatic rings. The number of likely N-dealkylation sites (tertiary alicyclic amines) is 1. The molecule has 2 saturated heterocycles. The van der Waals surface area contributed by atoms with E-state index in [9.17, 15) is 13.6 Å². The Morgan fingerprint density at radius 2 is 1.85 bits per heavy atom. The van der Waals surface area contributed by atoms with E-state index < -0.39 is 23.5 Å². The van der Waals surface area contributed by atoms with Gasteiger partial charge < -0.3 is 14.2 Å². The zero-order valence-electron chi connectivity index (χ0n) is 22.6. The fraction of sp³-hybridized carbons (Fsp3) is 0.448. The Hall–Kier alpha value is -3.01. The van der Waals surface area contributed by atoms with Crippen LogP contribution in [-0.4, -0.2) is 65.3 Å². The highest BCUT2D eigenvalue weighted by atomic mass is 35.5. The lowest BCUT2D eigenvalue weighted by Gasteiger charge is -2.31. The van der Waals surface area contributed by atoms with Crippen LogP contribution < -0.4 is 10.2 Å². The first-order valence-corrected chi connectivity index (χ1v) is 13.1. The molecule has 1 N–H and O–H groups in total. The van der Waals surface area contributed by atoms with Crippen molar-refractivity contribution in [2.24, 2.45) is 5.92 Å². The summed E-state index contributed by atoms with van der Waals surface area (Å²) in [6, 6.07) is 11.8. The maximum absolute atomic E-state index is 14.8. The van der Waals surface area contributed by atoms with Gasteiger partial charge in [-0.15, -0.1) is 12.4 Å². The summed E-state index contributed by atoms with van der Waals surface area (Å²) in [5.74, 6) is -1.94. The molecular weight excluding hydrogens is 524 g/mol. The van der Waals surface area contributed by atoms with Crippen molar-refractivity contribution in [1.29, 1.82) is 0 Å². The van der Waals surface area contributed by atoms with Crippen LogP contribution in [0.3, 0.4) is 0 Å². The molecule has 7 nitrogen and oxygen atoms in total. The van der Waals surface area contributed by atoms with Crippen LogP contribution in [0.25, 0.3) is 0 Å². The predicted molar refractivity (Wildman–Crippen MR) is 151 cm³/mol. The predicted octanol–water partition coefficient (Wildman–Crippen LogP) is 4.92. The van der Waals surface area contributed by atoms with E-state index in [-0.39, 0.29) is 23.9 Å². The van der Waals surface area contributed by atoms with Gasteiger partial charge in [0.1, 0.15) is 11.6 Å². The van der Waals surface area contributed by atoms with Gasteiger partial charge in [0.15, 0.2) is 0 Å². The third-order valence-corrected chi connectivity index (χ3v) is 7.60. The topological polar surface area (TPSA) is 62.6 Å². The minimum atomic E-state index is -0.627. The van der Waals surface area contributed by atoms with E-state index in [0.717, 1.165) is 30.4 Å². The van der Waals surface area contributed by atoms with Gasteiger partial charge in [0.2, 0.25) is 11.9 Å². The van der Waals surface area contributed by atoms with Crippen molar-refractivity contribution in [3.63, 3.8) is 0 Å². The second-order valence-corrected chi connectivity index (χ2v) is 11.1. The molecule has 2 aliphatic heterocycles. The summed E-state index contributed by atoms with van der Waals surface area (Å²) in [5, 5.41) is 3.01. The Bertz CT molecular complexity index is 1290. The van der Waals surface area contributed by atoms with Gasteiger partial charge in [0.05, 0.1) is 25.7 Å². The molecule has 2 aliphatic rings. The quantitative estimate of drug-likeness (QED) is 0.464. The molecule has 0 aliphatic carbocycles. The number of hydrogen-bond donors (Lipinski definition) is 1. The Kier molecular flexibility index (Phi) is 8.93. The summed E-state index contributed by atoms with van der Waals surface area (Å²) in [6.45, 7) is 10.8. The van der Waals surface area contributed by atoms with Crippen LogP contribution in [-0.2, 0) is 16.1 Å². The molecule has 0 saturated carbocycles. The molecule has 2 atom stereocenters. The van der Waals surface area contributed by atoms with Crippen LogP contribution in [0.2, 0.25) is 0 Å². The Balaban J connectivity index is 0.00000353. The number of carbonyl (C=O) groups excluding carboxylic acids is 1. The molecule has 1 amide bonds. The average molecular weight is 560 g/mol. The van der Waals surface area contributed by atoms with Gasteiger partial charge in [0.25, 0.3) is 0 Å². The first-order chi connectivity index (χ1) is 18.2. The van der Waals surface area contributed by atoms with Crippen molar-refractivity contribution in [3.8, 4) is 0 Å². The van der Waals surface area contributed by atoms with Crippen molar-refractivity contribution in [2.75, 3.05) is 49.6 Å². The van der Waals surface area contributed by atoms with Gasteiger partial charge in [-0.05, 0) is 44.0 Å². The van der Waals surface area contributed by atoms with Gasteiger partial charge in [-0.25, -0.2) is 13.8 Å². The monoisotopic (exact) mass is 559 g/mol. The highest BCUT2D eigenvalue weighted by Gasteiger charge is 2.43. The zero-order chi connectivity index (χ0) is 26.9. The molecule has 2 aromatic carbocycles. The second-order valence-electron chi connectivity index (χ2n) is 11.1. The number of hydrogen-bond acceptors (Lipinski definition) is 5. The molecular formula is C29H36ClF2N5O2. The summed E-state index contributed by atoms with van der Waals surface area (Å²) >= 11 is 0. The fourth-order valence-electron chi connectivity index (χ4n) is 5.44. The van der Waals surface area contributed by atoms with Crippen molar-refractivity contribution >= 4 is 29.9 Å². The molecule has 39 heavy (non-hydrogen) atoms. The molecule has 0 spiro atoms. The molecule has 1 aromatic heterocycles. The van der Waals surface area contributed by atoms with Crippen molar-refractivity contribution < 1.29 is 18.3 Å². The number of benzene rings is 2. The summed E-state index contributed by atoms with van der Waals surface area (Å²) in [6.07, 6.45) is 3.51. The minimum absolute atomic E-state index is 0. The number of ether oxygens (including phenoxy) is 1. The van der Waals surface area contributed by atoms with Crippen molar-refractivity contribution in [2.45, 2.75) is 38.8 Å². The van der Waals surface area contributed by atoms with Gasteiger partial charge in [-0.2, -0.15) is 0 Å². The van der Waals surface area contributed by atoms with E-state index >= 15 is 0 Å². The normalized spacial score (nSPS) is 20.1. The molecule has 5 rings (SSSR count). The summed E-state index contributed by atoms with van der Waals surface area (Å²) in [4.78, 5) is 22.6. The molecule has 0 unspecified atom stereocenters. The molecule has 3 heterocycles. The Labute approximate surface area is 234 Å². The van der Waals surface area contributed by atoms with Crippen LogP contribution in [0.4, 0.5) is 20.4 Å². The van der Waals surface area contributed by atoms with Crippen molar-refractivity contribution in [1.82, 2.24) is 14.5 Å². The van der Waals surface area contributed by atoms with Crippen LogP contribution in [0.5, 0.6) is 0 Å². The minimum Gasteiger partial charge on any atom is -0.378 e. The van der Waals surface area contributed by atoms with Crippen LogP contribution >= 0.6 is 12.4 Å². The Morgan fingerprint density at radius 3 is 2.56 bits per heavy atom. The molecule has 2 fully saturated rings. The van der Waals surface area contributed by atoms with Gasteiger partial charge in [-0.3, -0.25) is 15.0 Å². The number of rotatable bonds is 6. The van der Waals surface area contributed by atoms with Crippen LogP contribution in [0.1, 0.15) is 37.8 Å². The number of nitrogens with one attached hydrogen (secondary N) is 1. The second kappa shape index (κ2) is 12.0. The number of halogens is 3. The smallest absolute Gasteiger partial charge is 0.231 e. The van der Waals surface area contributed by atoms with E-state index in [1.165, 1.54) is 12.1 Å². The average Bonchev–Trinajstić information content (AvgIpc) is 3.52. The molecule has 0 bridgehead atoms. The largest absolute Gasteiger partial charge is 0.378 e. The number of nitrogens with zero attached hydrogens (tertiary/aromatic N) is 4. The van der Waals surface area contributed by atoms with Crippen LogP contribution in [0.15, 0.2) is 54.9 Å². The molecule has 0 radical (unpaired) electrons. The van der Waals surface area contributed by atoms with Gasteiger partial charge >= 0.3 is 0 Å². The zero-order valence-corrected chi connectivity index (χ0v) is 23.4. The third kappa shape index (κ3) is 6.42. The van der Waals surface area contributed by atoms with E-state index in [1.54, 1.807) is 6.20 Å². The molecule has 10 heteroatoms. The maximum Gasteiger partial charge on any atom is 0.231 e. The summed E-state index contributed by atoms with van der Waals surface area (Å²) in [7, 11) is 0. The lowest BCUT2D eigenvalue weighted by atomic mass is 9.88. The lowest BCUT2D eigenvalue weighted by Crippen LogP contribution is -2.40. The first kappa shape index (κ1) is 29.0. The van der Waals surface area contributed by atoms with Crippen molar-refractivity contribution in [3.05, 3.63) is 77.6 Å². The summed E-state index contributed by atoms with van der Waals surface area (Å²) in [5.41, 5.74) is 2.42.